The fourth-order valence-electron chi connectivity index (χ4n) is 3.10. The Bertz CT molecular complexity index is 164. The minimum Gasteiger partial charge on any atom is -0.393 e. The lowest BCUT2D eigenvalue weighted by Crippen LogP contribution is -2.35. The average Bonchev–Trinajstić information content (AvgIpc) is 2.47. The summed E-state index contributed by atoms with van der Waals surface area (Å²) in [4.78, 5) is 0. The first-order valence-corrected chi connectivity index (χ1v) is 6.26. The number of aliphatic hydroxyl groups excluding tert-OH is 1. The lowest BCUT2D eigenvalue weighted by atomic mass is 9.76. The smallest absolute Gasteiger partial charge is 0.0571 e. The van der Waals surface area contributed by atoms with E-state index in [1.165, 1.54) is 45.1 Å². The summed E-state index contributed by atoms with van der Waals surface area (Å²) in [5.74, 6) is 1.34. The van der Waals surface area contributed by atoms with Crippen molar-refractivity contribution in [3.63, 3.8) is 0 Å². The van der Waals surface area contributed by atoms with Gasteiger partial charge in [-0.15, -0.1) is 0 Å². The standard InChI is InChI=1S/C12H23NO/c14-12-7-2-1-6-11(12)10-5-3-4-8-13-9-10/h10-14H,1-9H2. The quantitative estimate of drug-likeness (QED) is 0.673. The molecule has 1 heterocycles. The zero-order valence-corrected chi connectivity index (χ0v) is 9.04. The summed E-state index contributed by atoms with van der Waals surface area (Å²) in [6, 6.07) is 0. The minimum absolute atomic E-state index is 0.00588. The number of rotatable bonds is 1. The molecule has 0 bridgehead atoms. The second kappa shape index (κ2) is 5.13. The number of hydrogen-bond acceptors (Lipinski definition) is 2. The van der Waals surface area contributed by atoms with Crippen molar-refractivity contribution in [1.29, 1.82) is 0 Å². The van der Waals surface area contributed by atoms with Crippen molar-refractivity contribution < 1.29 is 5.11 Å². The van der Waals surface area contributed by atoms with E-state index in [0.717, 1.165) is 18.9 Å². The fraction of sp³-hybridized carbons (Fsp3) is 1.00. The predicted molar refractivity (Wildman–Crippen MR) is 58.2 cm³/mol. The van der Waals surface area contributed by atoms with Gasteiger partial charge in [0.2, 0.25) is 0 Å². The van der Waals surface area contributed by atoms with E-state index < -0.39 is 0 Å². The van der Waals surface area contributed by atoms with Gasteiger partial charge in [0.15, 0.2) is 0 Å². The molecule has 2 aliphatic rings. The van der Waals surface area contributed by atoms with Crippen molar-refractivity contribution in [3.05, 3.63) is 0 Å². The van der Waals surface area contributed by atoms with Gasteiger partial charge < -0.3 is 10.4 Å². The summed E-state index contributed by atoms with van der Waals surface area (Å²) in [5, 5.41) is 13.5. The maximum Gasteiger partial charge on any atom is 0.0571 e. The third kappa shape index (κ3) is 2.48. The first-order valence-electron chi connectivity index (χ1n) is 6.26. The van der Waals surface area contributed by atoms with Gasteiger partial charge in [0.05, 0.1) is 6.10 Å². The Morgan fingerprint density at radius 3 is 2.57 bits per heavy atom. The third-order valence-corrected chi connectivity index (χ3v) is 3.97. The number of aliphatic hydroxyl groups is 1. The highest BCUT2D eigenvalue weighted by molar-refractivity contribution is 4.83. The molecule has 0 amide bonds. The van der Waals surface area contributed by atoms with Crippen LogP contribution in [-0.4, -0.2) is 24.3 Å². The van der Waals surface area contributed by atoms with Crippen LogP contribution in [0.25, 0.3) is 0 Å². The Morgan fingerprint density at radius 2 is 1.71 bits per heavy atom. The molecule has 2 nitrogen and oxygen atoms in total. The first-order chi connectivity index (χ1) is 6.88. The monoisotopic (exact) mass is 197 g/mol. The minimum atomic E-state index is -0.00588. The second-order valence-electron chi connectivity index (χ2n) is 4.98. The van der Waals surface area contributed by atoms with E-state index in [9.17, 15) is 5.11 Å². The molecule has 0 spiro atoms. The predicted octanol–water partition coefficient (Wildman–Crippen LogP) is 1.93. The van der Waals surface area contributed by atoms with Crippen LogP contribution in [0.4, 0.5) is 0 Å². The topological polar surface area (TPSA) is 32.3 Å². The molecule has 0 aromatic heterocycles. The van der Waals surface area contributed by atoms with E-state index >= 15 is 0 Å². The molecule has 2 heteroatoms. The van der Waals surface area contributed by atoms with Crippen molar-refractivity contribution in [2.24, 2.45) is 11.8 Å². The molecule has 1 aliphatic carbocycles. The van der Waals surface area contributed by atoms with Crippen LogP contribution in [0.2, 0.25) is 0 Å². The molecule has 0 aromatic rings. The van der Waals surface area contributed by atoms with Gasteiger partial charge in [-0.25, -0.2) is 0 Å². The normalized spacial score (nSPS) is 40.5. The van der Waals surface area contributed by atoms with Gasteiger partial charge in [-0.1, -0.05) is 19.3 Å². The van der Waals surface area contributed by atoms with Crippen LogP contribution in [0, 0.1) is 11.8 Å². The van der Waals surface area contributed by atoms with Gasteiger partial charge in [-0.2, -0.15) is 0 Å². The highest BCUT2D eigenvalue weighted by Crippen LogP contribution is 2.33. The van der Waals surface area contributed by atoms with E-state index in [2.05, 4.69) is 5.32 Å². The summed E-state index contributed by atoms with van der Waals surface area (Å²) < 4.78 is 0. The SMILES string of the molecule is OC1CCCCC1C1CCCCNC1. The van der Waals surface area contributed by atoms with Crippen molar-refractivity contribution in [3.8, 4) is 0 Å². The number of nitrogens with one attached hydrogen (secondary N) is 1. The maximum absolute atomic E-state index is 9.99. The molecule has 0 radical (unpaired) electrons. The van der Waals surface area contributed by atoms with Gasteiger partial charge >= 0.3 is 0 Å². The van der Waals surface area contributed by atoms with Crippen LogP contribution in [-0.2, 0) is 0 Å². The van der Waals surface area contributed by atoms with Crippen LogP contribution in [0.3, 0.4) is 0 Å². The van der Waals surface area contributed by atoms with Crippen LogP contribution < -0.4 is 5.32 Å². The lowest BCUT2D eigenvalue weighted by molar-refractivity contribution is 0.0353. The van der Waals surface area contributed by atoms with Crippen LogP contribution >= 0.6 is 0 Å². The summed E-state index contributed by atoms with van der Waals surface area (Å²) >= 11 is 0. The molecule has 1 aliphatic heterocycles. The maximum atomic E-state index is 9.99. The molecule has 3 unspecified atom stereocenters. The average molecular weight is 197 g/mol. The molecule has 0 aromatic carbocycles. The van der Waals surface area contributed by atoms with E-state index in [4.69, 9.17) is 0 Å². The Hall–Kier alpha value is -0.0800. The molecule has 1 saturated carbocycles. The number of hydrogen-bond donors (Lipinski definition) is 2. The second-order valence-corrected chi connectivity index (χ2v) is 4.98. The Labute approximate surface area is 87.1 Å². The molecule has 2 rings (SSSR count). The summed E-state index contributed by atoms with van der Waals surface area (Å²) in [7, 11) is 0. The molecule has 82 valence electrons. The Balaban J connectivity index is 1.90. The van der Waals surface area contributed by atoms with Gasteiger partial charge in [0, 0.05) is 0 Å². The molecule has 2 N–H and O–H groups in total. The first kappa shape index (κ1) is 10.4. The van der Waals surface area contributed by atoms with Crippen LogP contribution in [0.15, 0.2) is 0 Å². The Morgan fingerprint density at radius 1 is 0.929 bits per heavy atom. The largest absolute Gasteiger partial charge is 0.393 e. The molecular formula is C12H23NO. The fourth-order valence-corrected chi connectivity index (χ4v) is 3.10. The zero-order chi connectivity index (χ0) is 9.80. The van der Waals surface area contributed by atoms with Crippen molar-refractivity contribution in [2.45, 2.75) is 51.0 Å². The van der Waals surface area contributed by atoms with Crippen LogP contribution in [0.5, 0.6) is 0 Å². The summed E-state index contributed by atoms with van der Waals surface area (Å²) in [6.07, 6.45) is 8.85. The van der Waals surface area contributed by atoms with E-state index in [0.29, 0.717) is 5.92 Å². The molecule has 14 heavy (non-hydrogen) atoms. The molecule has 2 fully saturated rings. The highest BCUT2D eigenvalue weighted by atomic mass is 16.3. The van der Waals surface area contributed by atoms with Gasteiger partial charge in [0.25, 0.3) is 0 Å². The molecule has 1 saturated heterocycles. The zero-order valence-electron chi connectivity index (χ0n) is 9.04. The Kier molecular flexibility index (Phi) is 3.82. The van der Waals surface area contributed by atoms with E-state index in [1.807, 2.05) is 0 Å². The van der Waals surface area contributed by atoms with Crippen LogP contribution in [0.1, 0.15) is 44.9 Å². The third-order valence-electron chi connectivity index (χ3n) is 3.97. The van der Waals surface area contributed by atoms with Crippen molar-refractivity contribution in [1.82, 2.24) is 5.32 Å². The highest BCUT2D eigenvalue weighted by Gasteiger charge is 2.30. The van der Waals surface area contributed by atoms with E-state index in [1.54, 1.807) is 0 Å². The van der Waals surface area contributed by atoms with Crippen molar-refractivity contribution in [2.75, 3.05) is 13.1 Å². The lowest BCUT2D eigenvalue weighted by Gasteiger charge is -2.33. The van der Waals surface area contributed by atoms with Gasteiger partial charge in [-0.3, -0.25) is 0 Å². The van der Waals surface area contributed by atoms with Gasteiger partial charge in [0.1, 0.15) is 0 Å². The summed E-state index contributed by atoms with van der Waals surface area (Å²) in [5.41, 5.74) is 0. The van der Waals surface area contributed by atoms with Gasteiger partial charge in [-0.05, 0) is 50.6 Å². The molecule has 3 atom stereocenters. The van der Waals surface area contributed by atoms with Crippen molar-refractivity contribution >= 4 is 0 Å². The summed E-state index contributed by atoms with van der Waals surface area (Å²) in [6.45, 7) is 2.32. The van der Waals surface area contributed by atoms with E-state index in [-0.39, 0.29) is 6.10 Å². The molecular weight excluding hydrogens is 174 g/mol.